The Balaban J connectivity index is 2.14. The molecule has 0 unspecified atom stereocenters. The number of hydrogen-bond donors (Lipinski definition) is 0. The van der Waals surface area contributed by atoms with Crippen LogP contribution in [-0.4, -0.2) is 18.9 Å². The molecule has 25 heavy (non-hydrogen) atoms. The fraction of sp³-hybridized carbons (Fsp3) is 0.238. The molecular weight excluding hydrogens is 316 g/mol. The lowest BCUT2D eigenvalue weighted by Gasteiger charge is -2.26. The van der Waals surface area contributed by atoms with Gasteiger partial charge >= 0.3 is 5.97 Å². The summed E-state index contributed by atoms with van der Waals surface area (Å²) in [5.41, 5.74) is 2.04. The van der Waals surface area contributed by atoms with Gasteiger partial charge in [0.15, 0.2) is 5.78 Å². The molecule has 0 radical (unpaired) electrons. The molecule has 2 aromatic rings. The molecular formula is C21H22O4. The Morgan fingerprint density at radius 2 is 1.32 bits per heavy atom. The van der Waals surface area contributed by atoms with E-state index in [4.69, 9.17) is 9.47 Å². The minimum atomic E-state index is -0.572. The predicted octanol–water partition coefficient (Wildman–Crippen LogP) is 4.07. The Hall–Kier alpha value is -2.88. The minimum Gasteiger partial charge on any atom is -0.497 e. The van der Waals surface area contributed by atoms with Crippen LogP contribution in [0.4, 0.5) is 0 Å². The summed E-state index contributed by atoms with van der Waals surface area (Å²) in [6, 6.07) is 15.3. The molecule has 0 amide bonds. The topological polar surface area (TPSA) is 52.6 Å². The summed E-state index contributed by atoms with van der Waals surface area (Å²) < 4.78 is 10.4. The Kier molecular flexibility index (Phi) is 5.75. The lowest BCUT2D eigenvalue weighted by molar-refractivity contribution is -0.129. The molecule has 0 bridgehead atoms. The van der Waals surface area contributed by atoms with Gasteiger partial charge in [0.1, 0.15) is 11.5 Å². The Morgan fingerprint density at radius 3 is 1.76 bits per heavy atom. The molecule has 0 aliphatic heterocycles. The molecule has 0 aliphatic carbocycles. The van der Waals surface area contributed by atoms with Gasteiger partial charge in [-0.2, -0.15) is 0 Å². The van der Waals surface area contributed by atoms with Crippen molar-refractivity contribution in [2.24, 2.45) is 0 Å². The Labute approximate surface area is 148 Å². The molecule has 0 fully saturated rings. The molecule has 0 atom stereocenters. The molecule has 2 rings (SSSR count). The summed E-state index contributed by atoms with van der Waals surface area (Å²) in [5, 5.41) is 0. The number of allylic oxidation sites excluding steroid dienone is 1. The Bertz CT molecular complexity index is 769. The van der Waals surface area contributed by atoms with Gasteiger partial charge in [0.25, 0.3) is 0 Å². The van der Waals surface area contributed by atoms with Crippen LogP contribution in [0.15, 0.2) is 60.7 Å². The quantitative estimate of drug-likeness (QED) is 0.452. The van der Waals surface area contributed by atoms with Gasteiger partial charge < -0.3 is 9.47 Å². The summed E-state index contributed by atoms with van der Waals surface area (Å²) >= 11 is 0. The van der Waals surface area contributed by atoms with Crippen LogP contribution >= 0.6 is 0 Å². The van der Waals surface area contributed by atoms with Gasteiger partial charge in [0, 0.05) is 11.5 Å². The fourth-order valence-electron chi connectivity index (χ4n) is 2.45. The van der Waals surface area contributed by atoms with Crippen molar-refractivity contribution in [2.75, 3.05) is 7.11 Å². The number of hydrogen-bond acceptors (Lipinski definition) is 4. The number of esters is 1. The van der Waals surface area contributed by atoms with E-state index in [1.165, 1.54) is 13.0 Å². The van der Waals surface area contributed by atoms with E-state index in [9.17, 15) is 9.59 Å². The zero-order valence-corrected chi connectivity index (χ0v) is 14.9. The van der Waals surface area contributed by atoms with E-state index >= 15 is 0 Å². The molecule has 4 heteroatoms. The highest BCUT2D eigenvalue weighted by atomic mass is 16.5. The number of methoxy groups -OCH3 is 1. The van der Waals surface area contributed by atoms with Crippen molar-refractivity contribution in [3.63, 3.8) is 0 Å². The van der Waals surface area contributed by atoms with Crippen LogP contribution in [0.1, 0.15) is 31.9 Å². The van der Waals surface area contributed by atoms with Crippen LogP contribution in [0, 0.1) is 0 Å². The molecule has 0 spiro atoms. The maximum absolute atomic E-state index is 11.6. The van der Waals surface area contributed by atoms with Crippen LogP contribution in [-0.2, 0) is 15.0 Å². The molecule has 0 aliphatic rings. The van der Waals surface area contributed by atoms with Crippen molar-refractivity contribution >= 4 is 11.8 Å². The first-order chi connectivity index (χ1) is 11.8. The van der Waals surface area contributed by atoms with Gasteiger partial charge in [-0.15, -0.1) is 0 Å². The van der Waals surface area contributed by atoms with Crippen LogP contribution in [0.2, 0.25) is 0 Å². The Morgan fingerprint density at radius 1 is 0.840 bits per heavy atom. The second kappa shape index (κ2) is 7.79. The first-order valence-corrected chi connectivity index (χ1v) is 7.98. The summed E-state index contributed by atoms with van der Waals surface area (Å²) in [4.78, 5) is 22.4. The number of benzene rings is 2. The smallest absolute Gasteiger partial charge is 0.336 e. The number of ether oxygens (including phenoxy) is 2. The normalized spacial score (nSPS) is 11.4. The van der Waals surface area contributed by atoms with Crippen molar-refractivity contribution in [1.29, 1.82) is 0 Å². The summed E-state index contributed by atoms with van der Waals surface area (Å²) in [6.07, 6.45) is 2.31. The van der Waals surface area contributed by atoms with Gasteiger partial charge in [-0.1, -0.05) is 38.1 Å². The molecule has 0 heterocycles. The monoisotopic (exact) mass is 338 g/mol. The van der Waals surface area contributed by atoms with Crippen molar-refractivity contribution in [3.05, 3.63) is 71.8 Å². The van der Waals surface area contributed by atoms with E-state index in [-0.39, 0.29) is 11.2 Å². The summed E-state index contributed by atoms with van der Waals surface area (Å²) in [7, 11) is 1.64. The largest absolute Gasteiger partial charge is 0.497 e. The summed E-state index contributed by atoms with van der Waals surface area (Å²) in [5.74, 6) is 0.485. The standard InChI is InChI=1S/C21H22O4/c1-15(22)5-14-20(23)25-19-12-8-17(9-13-19)21(2,3)16-6-10-18(24-4)11-7-16/h5-14H,1-4H3/b14-5+. The first-order valence-electron chi connectivity index (χ1n) is 7.98. The summed E-state index contributed by atoms with van der Waals surface area (Å²) in [6.45, 7) is 5.64. The maximum Gasteiger partial charge on any atom is 0.336 e. The van der Waals surface area contributed by atoms with E-state index in [2.05, 4.69) is 13.8 Å². The average Bonchev–Trinajstić information content (AvgIpc) is 2.60. The molecule has 0 aromatic heterocycles. The molecule has 130 valence electrons. The van der Waals surface area contributed by atoms with Gasteiger partial charge in [0.2, 0.25) is 0 Å². The second-order valence-electron chi connectivity index (χ2n) is 6.24. The molecule has 0 saturated carbocycles. The first kappa shape index (κ1) is 18.5. The van der Waals surface area contributed by atoms with Crippen molar-refractivity contribution in [3.8, 4) is 11.5 Å². The second-order valence-corrected chi connectivity index (χ2v) is 6.24. The highest BCUT2D eigenvalue weighted by Crippen LogP contribution is 2.33. The zero-order valence-electron chi connectivity index (χ0n) is 14.9. The molecule has 0 saturated heterocycles. The van der Waals surface area contributed by atoms with E-state index in [1.54, 1.807) is 19.2 Å². The van der Waals surface area contributed by atoms with Crippen molar-refractivity contribution in [1.82, 2.24) is 0 Å². The lowest BCUT2D eigenvalue weighted by atomic mass is 9.78. The highest BCUT2D eigenvalue weighted by molar-refractivity contribution is 5.95. The third-order valence-corrected chi connectivity index (χ3v) is 4.06. The van der Waals surface area contributed by atoms with E-state index in [0.29, 0.717) is 5.75 Å². The predicted molar refractivity (Wildman–Crippen MR) is 97.0 cm³/mol. The number of carbonyl (C=O) groups is 2. The van der Waals surface area contributed by atoms with Crippen LogP contribution < -0.4 is 9.47 Å². The minimum absolute atomic E-state index is 0.200. The fourth-order valence-corrected chi connectivity index (χ4v) is 2.45. The molecule has 4 nitrogen and oxygen atoms in total. The molecule has 0 N–H and O–H groups in total. The van der Waals surface area contributed by atoms with Gasteiger partial charge in [-0.25, -0.2) is 4.79 Å². The van der Waals surface area contributed by atoms with Gasteiger partial charge in [-0.3, -0.25) is 4.79 Å². The van der Waals surface area contributed by atoms with Gasteiger partial charge in [-0.05, 0) is 48.4 Å². The SMILES string of the molecule is COc1ccc(C(C)(C)c2ccc(OC(=O)/C=C/C(C)=O)cc2)cc1. The van der Waals surface area contributed by atoms with Crippen LogP contribution in [0.25, 0.3) is 0 Å². The van der Waals surface area contributed by atoms with Gasteiger partial charge in [0.05, 0.1) is 7.11 Å². The number of ketones is 1. The maximum atomic E-state index is 11.6. The van der Waals surface area contributed by atoms with Crippen LogP contribution in [0.3, 0.4) is 0 Å². The average molecular weight is 338 g/mol. The third kappa shape index (κ3) is 4.80. The lowest BCUT2D eigenvalue weighted by Crippen LogP contribution is -2.18. The van der Waals surface area contributed by atoms with Crippen molar-refractivity contribution in [2.45, 2.75) is 26.2 Å². The zero-order chi connectivity index (χ0) is 18.4. The number of carbonyl (C=O) groups excluding carboxylic acids is 2. The van der Waals surface area contributed by atoms with E-state index in [1.807, 2.05) is 36.4 Å². The number of rotatable bonds is 6. The third-order valence-electron chi connectivity index (χ3n) is 4.06. The van der Waals surface area contributed by atoms with Crippen LogP contribution in [0.5, 0.6) is 11.5 Å². The van der Waals surface area contributed by atoms with Crippen molar-refractivity contribution < 1.29 is 19.1 Å². The van der Waals surface area contributed by atoms with E-state index in [0.717, 1.165) is 23.0 Å². The molecule has 2 aromatic carbocycles. The van der Waals surface area contributed by atoms with E-state index < -0.39 is 5.97 Å². The highest BCUT2D eigenvalue weighted by Gasteiger charge is 2.23.